The van der Waals surface area contributed by atoms with E-state index in [9.17, 15) is 4.79 Å². The highest BCUT2D eigenvalue weighted by Crippen LogP contribution is 2.14. The van der Waals surface area contributed by atoms with Gasteiger partial charge in [-0.1, -0.05) is 29.8 Å². The summed E-state index contributed by atoms with van der Waals surface area (Å²) < 4.78 is 0. The lowest BCUT2D eigenvalue weighted by molar-refractivity contribution is 0.106. The Morgan fingerprint density at radius 3 is 2.48 bits per heavy atom. The quantitative estimate of drug-likeness (QED) is 0.530. The number of Topliss-reactive ketones (excluding diaryl/α,β-unsaturated/α-hetero) is 1. The van der Waals surface area contributed by atoms with Gasteiger partial charge in [-0.2, -0.15) is 10.4 Å². The Morgan fingerprint density at radius 1 is 1.19 bits per heavy atom. The minimum absolute atomic E-state index is 0.208. The molecule has 4 nitrogen and oxygen atoms in total. The molecule has 0 bridgehead atoms. The molecule has 0 aliphatic heterocycles. The Morgan fingerprint density at radius 2 is 1.86 bits per heavy atom. The summed E-state index contributed by atoms with van der Waals surface area (Å²) in [5.74, 6) is -0.449. The minimum atomic E-state index is -0.449. The van der Waals surface area contributed by atoms with E-state index in [0.717, 1.165) is 11.3 Å². The van der Waals surface area contributed by atoms with Crippen LogP contribution >= 0.6 is 11.6 Å². The second-order valence-corrected chi connectivity index (χ2v) is 4.77. The maximum atomic E-state index is 12.2. The summed E-state index contributed by atoms with van der Waals surface area (Å²) in [6.45, 7) is 1.91. The van der Waals surface area contributed by atoms with Crippen molar-refractivity contribution >= 4 is 28.8 Å². The number of nitriles is 1. The zero-order valence-electron chi connectivity index (χ0n) is 11.3. The first-order valence-corrected chi connectivity index (χ1v) is 6.59. The Bertz CT molecular complexity index is 730. The van der Waals surface area contributed by atoms with Gasteiger partial charge in [0, 0.05) is 10.6 Å². The highest BCUT2D eigenvalue weighted by molar-refractivity contribution is 6.51. The van der Waals surface area contributed by atoms with Crippen LogP contribution in [0.15, 0.2) is 53.6 Å². The van der Waals surface area contributed by atoms with Crippen molar-refractivity contribution in [2.45, 2.75) is 6.92 Å². The number of para-hydroxylation sites is 1. The van der Waals surface area contributed by atoms with Gasteiger partial charge < -0.3 is 0 Å². The van der Waals surface area contributed by atoms with Gasteiger partial charge in [-0.05, 0) is 42.8 Å². The summed E-state index contributed by atoms with van der Waals surface area (Å²) in [4.78, 5) is 12.2. The number of ketones is 1. The summed E-state index contributed by atoms with van der Waals surface area (Å²) in [6.07, 6.45) is 0. The van der Waals surface area contributed by atoms with Crippen LogP contribution in [0.4, 0.5) is 5.69 Å². The number of rotatable bonds is 4. The first-order chi connectivity index (χ1) is 10.1. The molecule has 0 saturated carbocycles. The topological polar surface area (TPSA) is 65.2 Å². The molecule has 0 aromatic heterocycles. The zero-order chi connectivity index (χ0) is 15.2. The van der Waals surface area contributed by atoms with E-state index in [1.165, 1.54) is 0 Å². The lowest BCUT2D eigenvalue weighted by Gasteiger charge is -2.04. The molecule has 0 aliphatic carbocycles. The van der Waals surface area contributed by atoms with E-state index in [-0.39, 0.29) is 5.71 Å². The maximum Gasteiger partial charge on any atom is 0.223 e. The van der Waals surface area contributed by atoms with Crippen molar-refractivity contribution in [3.8, 4) is 6.07 Å². The number of anilines is 1. The van der Waals surface area contributed by atoms with Crippen LogP contribution in [0.1, 0.15) is 15.9 Å². The standard InChI is InChI=1S/C16H12ClN3O/c1-11-4-2-3-5-14(11)19-20-15(10-18)16(21)12-6-8-13(17)9-7-12/h2-9,19H,1H3/b20-15-. The van der Waals surface area contributed by atoms with Gasteiger partial charge in [0.05, 0.1) is 5.69 Å². The summed E-state index contributed by atoms with van der Waals surface area (Å²) in [6, 6.07) is 15.6. The van der Waals surface area contributed by atoms with Gasteiger partial charge in [0.15, 0.2) is 0 Å². The highest BCUT2D eigenvalue weighted by atomic mass is 35.5. The van der Waals surface area contributed by atoms with Gasteiger partial charge in [-0.15, -0.1) is 0 Å². The van der Waals surface area contributed by atoms with E-state index < -0.39 is 5.78 Å². The number of aryl methyl sites for hydroxylation is 1. The molecule has 0 unspecified atom stereocenters. The summed E-state index contributed by atoms with van der Waals surface area (Å²) in [5.41, 5.74) is 4.62. The Labute approximate surface area is 127 Å². The van der Waals surface area contributed by atoms with Crippen LogP contribution in [0.25, 0.3) is 0 Å². The number of carbonyl (C=O) groups is 1. The first-order valence-electron chi connectivity index (χ1n) is 6.21. The molecule has 0 aliphatic rings. The van der Waals surface area contributed by atoms with Gasteiger partial charge in [-0.25, -0.2) is 0 Å². The van der Waals surface area contributed by atoms with Crippen LogP contribution in [0, 0.1) is 18.3 Å². The minimum Gasteiger partial charge on any atom is -0.286 e. The van der Waals surface area contributed by atoms with E-state index in [2.05, 4.69) is 10.5 Å². The largest absolute Gasteiger partial charge is 0.286 e. The zero-order valence-corrected chi connectivity index (χ0v) is 12.1. The highest BCUT2D eigenvalue weighted by Gasteiger charge is 2.13. The van der Waals surface area contributed by atoms with E-state index in [1.54, 1.807) is 24.3 Å². The number of hydrogen-bond acceptors (Lipinski definition) is 4. The van der Waals surface area contributed by atoms with E-state index >= 15 is 0 Å². The van der Waals surface area contributed by atoms with Crippen molar-refractivity contribution in [1.82, 2.24) is 0 Å². The van der Waals surface area contributed by atoms with Crippen LogP contribution in [-0.2, 0) is 0 Å². The molecule has 0 fully saturated rings. The van der Waals surface area contributed by atoms with Crippen LogP contribution in [0.3, 0.4) is 0 Å². The molecule has 0 heterocycles. The van der Waals surface area contributed by atoms with E-state index in [0.29, 0.717) is 10.6 Å². The molecule has 1 N–H and O–H groups in total. The van der Waals surface area contributed by atoms with Crippen molar-refractivity contribution in [3.05, 3.63) is 64.7 Å². The average molecular weight is 298 g/mol. The molecule has 2 aromatic rings. The van der Waals surface area contributed by atoms with Crippen LogP contribution < -0.4 is 5.43 Å². The Kier molecular flexibility index (Phi) is 4.70. The van der Waals surface area contributed by atoms with Crippen molar-refractivity contribution in [1.29, 1.82) is 5.26 Å². The summed E-state index contributed by atoms with van der Waals surface area (Å²) >= 11 is 5.77. The van der Waals surface area contributed by atoms with E-state index in [1.807, 2.05) is 37.3 Å². The van der Waals surface area contributed by atoms with Gasteiger partial charge >= 0.3 is 0 Å². The first kappa shape index (κ1) is 14.8. The lowest BCUT2D eigenvalue weighted by atomic mass is 10.1. The number of nitrogens with zero attached hydrogens (tertiary/aromatic N) is 2. The summed E-state index contributed by atoms with van der Waals surface area (Å²) in [5, 5.41) is 13.5. The molecule has 0 atom stereocenters. The SMILES string of the molecule is Cc1ccccc1N/N=C(/C#N)C(=O)c1ccc(Cl)cc1. The Balaban J connectivity index is 2.21. The second kappa shape index (κ2) is 6.69. The molecule has 0 saturated heterocycles. The van der Waals surface area contributed by atoms with E-state index in [4.69, 9.17) is 16.9 Å². The average Bonchev–Trinajstić information content (AvgIpc) is 2.50. The number of hydrazone groups is 1. The van der Waals surface area contributed by atoms with Crippen molar-refractivity contribution < 1.29 is 4.79 Å². The summed E-state index contributed by atoms with van der Waals surface area (Å²) in [7, 11) is 0. The molecule has 5 heteroatoms. The van der Waals surface area contributed by atoms with Gasteiger partial charge in [0.1, 0.15) is 6.07 Å². The Hall–Kier alpha value is -2.64. The maximum absolute atomic E-state index is 12.2. The van der Waals surface area contributed by atoms with Crippen LogP contribution in [0.2, 0.25) is 5.02 Å². The molecular weight excluding hydrogens is 286 g/mol. The lowest BCUT2D eigenvalue weighted by Crippen LogP contribution is -2.14. The van der Waals surface area contributed by atoms with Crippen molar-refractivity contribution in [2.75, 3.05) is 5.43 Å². The second-order valence-electron chi connectivity index (χ2n) is 4.33. The van der Waals surface area contributed by atoms with Crippen LogP contribution in [-0.4, -0.2) is 11.5 Å². The third-order valence-corrected chi connectivity index (χ3v) is 3.11. The fourth-order valence-corrected chi connectivity index (χ4v) is 1.80. The molecule has 0 spiro atoms. The number of benzene rings is 2. The third-order valence-electron chi connectivity index (χ3n) is 2.86. The molecule has 2 rings (SSSR count). The van der Waals surface area contributed by atoms with Gasteiger partial charge in [0.2, 0.25) is 11.5 Å². The fraction of sp³-hybridized carbons (Fsp3) is 0.0625. The number of halogens is 1. The fourth-order valence-electron chi connectivity index (χ4n) is 1.68. The predicted octanol–water partition coefficient (Wildman–Crippen LogP) is 3.82. The molecular formula is C16H12ClN3O. The normalized spacial score (nSPS) is 10.8. The van der Waals surface area contributed by atoms with Crippen LogP contribution in [0.5, 0.6) is 0 Å². The number of nitrogens with one attached hydrogen (secondary N) is 1. The number of carbonyl (C=O) groups excluding carboxylic acids is 1. The van der Waals surface area contributed by atoms with Crippen molar-refractivity contribution in [2.24, 2.45) is 5.10 Å². The molecule has 2 aromatic carbocycles. The molecule has 104 valence electrons. The molecule has 0 amide bonds. The predicted molar refractivity (Wildman–Crippen MR) is 83.6 cm³/mol. The van der Waals surface area contributed by atoms with Gasteiger partial charge in [0.25, 0.3) is 0 Å². The van der Waals surface area contributed by atoms with Gasteiger partial charge in [-0.3, -0.25) is 10.2 Å². The third kappa shape index (κ3) is 3.68. The smallest absolute Gasteiger partial charge is 0.223 e. The molecule has 0 radical (unpaired) electrons. The monoisotopic (exact) mass is 297 g/mol. The van der Waals surface area contributed by atoms with Crippen molar-refractivity contribution in [3.63, 3.8) is 0 Å². The number of hydrogen-bond donors (Lipinski definition) is 1. The molecule has 21 heavy (non-hydrogen) atoms.